The Morgan fingerprint density at radius 2 is 1.37 bits per heavy atom. The van der Waals surface area contributed by atoms with Crippen LogP contribution >= 0.6 is 0 Å². The molecule has 3 aromatic rings. The molecule has 4 nitrogen and oxygen atoms in total. The van der Waals surface area contributed by atoms with Crippen LogP contribution in [0.4, 0.5) is 0 Å². The van der Waals surface area contributed by atoms with Gasteiger partial charge in [0.05, 0.1) is 5.56 Å². The predicted molar refractivity (Wildman–Crippen MR) is 108 cm³/mol. The van der Waals surface area contributed by atoms with E-state index in [1.54, 1.807) is 0 Å². The van der Waals surface area contributed by atoms with Crippen molar-refractivity contribution < 1.29 is 9.90 Å². The van der Waals surface area contributed by atoms with Crippen LogP contribution in [0.1, 0.15) is 48.5 Å². The molecule has 0 aliphatic carbocycles. The fourth-order valence-corrected chi connectivity index (χ4v) is 3.02. The summed E-state index contributed by atoms with van der Waals surface area (Å²) in [7, 11) is 0. The molecule has 0 spiro atoms. The number of nitrogens with zero attached hydrogens (tertiary/aromatic N) is 2. The van der Waals surface area contributed by atoms with Crippen molar-refractivity contribution in [2.75, 3.05) is 0 Å². The molecule has 0 radical (unpaired) electrons. The van der Waals surface area contributed by atoms with Gasteiger partial charge in [0, 0.05) is 18.0 Å². The molecule has 0 saturated heterocycles. The third kappa shape index (κ3) is 5.00. The monoisotopic (exact) mass is 360 g/mol. The van der Waals surface area contributed by atoms with Gasteiger partial charge >= 0.3 is 5.97 Å². The van der Waals surface area contributed by atoms with Crippen molar-refractivity contribution in [3.63, 3.8) is 0 Å². The number of aromatic nitrogens is 2. The molecule has 0 bridgehead atoms. The van der Waals surface area contributed by atoms with Crippen molar-refractivity contribution in [2.45, 2.75) is 39.0 Å². The second-order valence-corrected chi connectivity index (χ2v) is 6.69. The van der Waals surface area contributed by atoms with Crippen LogP contribution in [0.5, 0.6) is 0 Å². The Morgan fingerprint density at radius 1 is 0.815 bits per heavy atom. The number of carboxylic acid groups (broad SMARTS) is 1. The highest BCUT2D eigenvalue weighted by molar-refractivity contribution is 5.86. The number of carbonyl (C=O) groups is 1. The lowest BCUT2D eigenvalue weighted by Crippen LogP contribution is -1.99. The summed E-state index contributed by atoms with van der Waals surface area (Å²) in [5, 5.41) is 8.92. The maximum atomic E-state index is 10.9. The van der Waals surface area contributed by atoms with Gasteiger partial charge in [-0.25, -0.2) is 14.8 Å². The highest BCUT2D eigenvalue weighted by Crippen LogP contribution is 2.24. The van der Waals surface area contributed by atoms with Gasteiger partial charge in [0.1, 0.15) is 0 Å². The van der Waals surface area contributed by atoms with E-state index in [0.717, 1.165) is 17.5 Å². The van der Waals surface area contributed by atoms with Gasteiger partial charge in [-0.15, -0.1) is 0 Å². The Morgan fingerprint density at radius 3 is 1.93 bits per heavy atom. The quantitative estimate of drug-likeness (QED) is 0.529. The summed E-state index contributed by atoms with van der Waals surface area (Å²) in [4.78, 5) is 19.1. The van der Waals surface area contributed by atoms with Crippen molar-refractivity contribution in [3.8, 4) is 22.5 Å². The van der Waals surface area contributed by atoms with E-state index in [9.17, 15) is 4.79 Å². The van der Waals surface area contributed by atoms with Crippen molar-refractivity contribution >= 4 is 5.97 Å². The highest BCUT2D eigenvalue weighted by atomic mass is 16.4. The first-order valence-corrected chi connectivity index (χ1v) is 9.42. The second-order valence-electron chi connectivity index (χ2n) is 6.69. The van der Waals surface area contributed by atoms with E-state index in [1.165, 1.54) is 49.2 Å². The van der Waals surface area contributed by atoms with Gasteiger partial charge in [-0.2, -0.15) is 0 Å². The fourth-order valence-electron chi connectivity index (χ4n) is 3.02. The summed E-state index contributed by atoms with van der Waals surface area (Å²) in [5.41, 5.74) is 4.66. The molecule has 138 valence electrons. The largest absolute Gasteiger partial charge is 0.478 e. The minimum atomic E-state index is -1.02. The summed E-state index contributed by atoms with van der Waals surface area (Å²) < 4.78 is 0. The molecule has 0 amide bonds. The van der Waals surface area contributed by atoms with Crippen LogP contribution in [0, 0.1) is 0 Å². The zero-order chi connectivity index (χ0) is 19.1. The fraction of sp³-hybridized carbons (Fsp3) is 0.261. The van der Waals surface area contributed by atoms with E-state index in [4.69, 9.17) is 5.11 Å². The molecule has 2 aromatic carbocycles. The second kappa shape index (κ2) is 9.08. The van der Waals surface area contributed by atoms with Crippen molar-refractivity contribution in [1.29, 1.82) is 0 Å². The van der Waals surface area contributed by atoms with E-state index in [0.29, 0.717) is 5.82 Å². The predicted octanol–water partition coefficient (Wildman–Crippen LogP) is 5.63. The zero-order valence-corrected chi connectivity index (χ0v) is 15.6. The van der Waals surface area contributed by atoms with Gasteiger partial charge in [0.25, 0.3) is 0 Å². The van der Waals surface area contributed by atoms with E-state index in [1.807, 2.05) is 24.3 Å². The third-order valence-corrected chi connectivity index (χ3v) is 4.65. The first-order valence-electron chi connectivity index (χ1n) is 9.42. The molecule has 0 aliphatic heterocycles. The van der Waals surface area contributed by atoms with Gasteiger partial charge < -0.3 is 5.11 Å². The molecule has 0 unspecified atom stereocenters. The molecular weight excluding hydrogens is 336 g/mol. The summed E-state index contributed by atoms with van der Waals surface area (Å²) >= 11 is 0. The van der Waals surface area contributed by atoms with E-state index < -0.39 is 5.97 Å². The molecule has 4 heteroatoms. The average Bonchev–Trinajstić information content (AvgIpc) is 2.72. The normalized spacial score (nSPS) is 10.7. The van der Waals surface area contributed by atoms with Crippen LogP contribution in [-0.4, -0.2) is 21.0 Å². The standard InChI is InChI=1S/C23H24N2O2/c1-2-3-4-5-6-17-7-9-18(10-8-17)19-11-13-20(14-12-19)22-24-15-21(16-25-22)23(26)27/h7-16H,2-6H2,1H3,(H,26,27). The van der Waals surface area contributed by atoms with Crippen molar-refractivity contribution in [3.05, 3.63) is 72.1 Å². The van der Waals surface area contributed by atoms with Crippen LogP contribution in [0.15, 0.2) is 60.9 Å². The van der Waals surface area contributed by atoms with Crippen LogP contribution in [0.25, 0.3) is 22.5 Å². The lowest BCUT2D eigenvalue weighted by molar-refractivity contribution is 0.0696. The summed E-state index contributed by atoms with van der Waals surface area (Å²) in [6.45, 7) is 2.23. The average molecular weight is 360 g/mol. The Bertz CT molecular complexity index is 870. The van der Waals surface area contributed by atoms with Crippen LogP contribution in [0.3, 0.4) is 0 Å². The number of aromatic carboxylic acids is 1. The zero-order valence-electron chi connectivity index (χ0n) is 15.6. The van der Waals surface area contributed by atoms with Gasteiger partial charge in [0.15, 0.2) is 5.82 Å². The number of hydrogen-bond donors (Lipinski definition) is 1. The topological polar surface area (TPSA) is 63.1 Å². The lowest BCUT2D eigenvalue weighted by Gasteiger charge is -2.06. The first-order chi connectivity index (χ1) is 13.2. The van der Waals surface area contributed by atoms with Crippen LogP contribution in [-0.2, 0) is 6.42 Å². The van der Waals surface area contributed by atoms with Gasteiger partial charge in [-0.05, 0) is 29.5 Å². The minimum Gasteiger partial charge on any atom is -0.478 e. The van der Waals surface area contributed by atoms with Gasteiger partial charge in [-0.3, -0.25) is 0 Å². The van der Waals surface area contributed by atoms with E-state index in [-0.39, 0.29) is 5.56 Å². The highest BCUT2D eigenvalue weighted by Gasteiger charge is 2.06. The summed E-state index contributed by atoms with van der Waals surface area (Å²) in [6.07, 6.45) is 8.94. The van der Waals surface area contributed by atoms with Crippen LogP contribution in [0.2, 0.25) is 0 Å². The molecule has 1 heterocycles. The van der Waals surface area contributed by atoms with Crippen LogP contribution < -0.4 is 0 Å². The maximum Gasteiger partial charge on any atom is 0.338 e. The van der Waals surface area contributed by atoms with Gasteiger partial charge in [0.2, 0.25) is 0 Å². The molecule has 0 fully saturated rings. The Hall–Kier alpha value is -3.01. The first kappa shape index (κ1) is 18.8. The smallest absolute Gasteiger partial charge is 0.338 e. The molecule has 0 saturated carbocycles. The number of rotatable bonds is 8. The molecular formula is C23H24N2O2. The number of unbranched alkanes of at least 4 members (excludes halogenated alkanes) is 3. The SMILES string of the molecule is CCCCCCc1ccc(-c2ccc(-c3ncc(C(=O)O)cn3)cc2)cc1. The number of aryl methyl sites for hydroxylation is 1. The molecule has 1 aromatic heterocycles. The lowest BCUT2D eigenvalue weighted by atomic mass is 10.00. The molecule has 0 aliphatic rings. The number of benzene rings is 2. The van der Waals surface area contributed by atoms with Gasteiger partial charge in [-0.1, -0.05) is 74.7 Å². The summed E-state index contributed by atoms with van der Waals surface area (Å²) in [6, 6.07) is 16.8. The summed E-state index contributed by atoms with van der Waals surface area (Å²) in [5.74, 6) is -0.500. The van der Waals surface area contributed by atoms with Crippen molar-refractivity contribution in [2.24, 2.45) is 0 Å². The Labute approximate surface area is 159 Å². The molecule has 1 N–H and O–H groups in total. The number of carboxylic acids is 1. The van der Waals surface area contributed by atoms with E-state index in [2.05, 4.69) is 41.2 Å². The van der Waals surface area contributed by atoms with Crippen molar-refractivity contribution in [1.82, 2.24) is 9.97 Å². The number of hydrogen-bond acceptors (Lipinski definition) is 3. The molecule has 3 rings (SSSR count). The maximum absolute atomic E-state index is 10.9. The molecule has 0 atom stereocenters. The minimum absolute atomic E-state index is 0.0881. The Balaban J connectivity index is 1.67. The van der Waals surface area contributed by atoms with E-state index >= 15 is 0 Å². The third-order valence-electron chi connectivity index (χ3n) is 4.65. The Kier molecular flexibility index (Phi) is 6.31. The molecule has 27 heavy (non-hydrogen) atoms.